The molecule has 7 nitrogen and oxygen atoms in total. The number of carbonyl (C=O) groups is 3. The lowest BCUT2D eigenvalue weighted by molar-refractivity contribution is -0.139. The molecule has 1 atom stereocenters. The van der Waals surface area contributed by atoms with E-state index in [-0.39, 0.29) is 30.0 Å². The van der Waals surface area contributed by atoms with Crippen LogP contribution in [0.4, 0.5) is 11.4 Å². The highest BCUT2D eigenvalue weighted by atomic mass is 16.4. The summed E-state index contributed by atoms with van der Waals surface area (Å²) >= 11 is 0. The summed E-state index contributed by atoms with van der Waals surface area (Å²) in [7, 11) is 0. The number of nitrogen functional groups attached to an aromatic ring is 1. The van der Waals surface area contributed by atoms with Gasteiger partial charge in [-0.3, -0.25) is 9.59 Å². The van der Waals surface area contributed by atoms with Gasteiger partial charge < -0.3 is 21.5 Å². The van der Waals surface area contributed by atoms with Crippen LogP contribution >= 0.6 is 0 Å². The highest BCUT2D eigenvalue weighted by Gasteiger charge is 2.22. The first-order valence-corrected chi connectivity index (χ1v) is 6.85. The molecule has 1 aromatic rings. The first-order chi connectivity index (χ1) is 10.5. The standard InChI is InChI=1S/C15H17N3O4/c16-9-6-7-10-12(8-9)17-13(19)5-3-1-2-4-11(15(21)22)18-14(10)20/h1-2,6-8,11H,3-5,16H2,(H,17,19)(H,18,20)(H,21,22). The molecule has 7 heteroatoms. The van der Waals surface area contributed by atoms with Crippen molar-refractivity contribution in [3.8, 4) is 0 Å². The van der Waals surface area contributed by atoms with Gasteiger partial charge >= 0.3 is 5.97 Å². The van der Waals surface area contributed by atoms with E-state index in [1.54, 1.807) is 12.2 Å². The zero-order chi connectivity index (χ0) is 16.1. The number of rotatable bonds is 1. The number of nitrogens with two attached hydrogens (primary N) is 1. The van der Waals surface area contributed by atoms with Crippen molar-refractivity contribution in [1.82, 2.24) is 5.32 Å². The van der Waals surface area contributed by atoms with Crippen LogP contribution in [0.2, 0.25) is 0 Å². The smallest absolute Gasteiger partial charge is 0.326 e. The number of nitrogens with one attached hydrogen (secondary N) is 2. The molecule has 2 rings (SSSR count). The van der Waals surface area contributed by atoms with Crippen molar-refractivity contribution in [2.24, 2.45) is 0 Å². The summed E-state index contributed by atoms with van der Waals surface area (Å²) in [6.45, 7) is 0. The molecule has 1 aliphatic heterocycles. The van der Waals surface area contributed by atoms with Crippen LogP contribution in [-0.4, -0.2) is 28.9 Å². The summed E-state index contributed by atoms with van der Waals surface area (Å²) in [6, 6.07) is 3.43. The van der Waals surface area contributed by atoms with Crippen molar-refractivity contribution < 1.29 is 19.5 Å². The van der Waals surface area contributed by atoms with Crippen molar-refractivity contribution in [3.05, 3.63) is 35.9 Å². The van der Waals surface area contributed by atoms with E-state index in [1.165, 1.54) is 18.2 Å². The Morgan fingerprint density at radius 2 is 2.05 bits per heavy atom. The van der Waals surface area contributed by atoms with Gasteiger partial charge in [0, 0.05) is 12.1 Å². The molecule has 2 amide bonds. The van der Waals surface area contributed by atoms with Crippen LogP contribution in [0.25, 0.3) is 0 Å². The summed E-state index contributed by atoms with van der Waals surface area (Å²) in [5, 5.41) is 14.2. The van der Waals surface area contributed by atoms with Crippen LogP contribution in [0, 0.1) is 0 Å². The Labute approximate surface area is 127 Å². The highest BCUT2D eigenvalue weighted by Crippen LogP contribution is 2.20. The number of carboxylic acid groups (broad SMARTS) is 1. The second-order valence-corrected chi connectivity index (χ2v) is 4.96. The van der Waals surface area contributed by atoms with E-state index in [1.807, 2.05) is 0 Å². The Morgan fingerprint density at radius 1 is 1.27 bits per heavy atom. The van der Waals surface area contributed by atoms with Gasteiger partial charge in [-0.15, -0.1) is 0 Å². The maximum absolute atomic E-state index is 12.3. The van der Waals surface area contributed by atoms with Crippen molar-refractivity contribution in [1.29, 1.82) is 0 Å². The second kappa shape index (κ2) is 6.75. The predicted octanol–water partition coefficient (Wildman–Crippen LogP) is 1.13. The van der Waals surface area contributed by atoms with Gasteiger partial charge in [0.15, 0.2) is 0 Å². The lowest BCUT2D eigenvalue weighted by atomic mass is 10.1. The lowest BCUT2D eigenvalue weighted by Gasteiger charge is -2.16. The number of hydrogen-bond acceptors (Lipinski definition) is 4. The number of anilines is 2. The molecule has 0 radical (unpaired) electrons. The maximum Gasteiger partial charge on any atom is 0.326 e. The molecular formula is C15H17N3O4. The molecule has 0 aromatic heterocycles. The minimum atomic E-state index is -1.11. The van der Waals surface area contributed by atoms with Gasteiger partial charge in [0.2, 0.25) is 5.91 Å². The lowest BCUT2D eigenvalue weighted by Crippen LogP contribution is -2.40. The van der Waals surface area contributed by atoms with Gasteiger partial charge in [0.05, 0.1) is 11.3 Å². The second-order valence-electron chi connectivity index (χ2n) is 4.96. The first-order valence-electron chi connectivity index (χ1n) is 6.85. The monoisotopic (exact) mass is 303 g/mol. The highest BCUT2D eigenvalue weighted by molar-refractivity contribution is 6.05. The molecule has 22 heavy (non-hydrogen) atoms. The number of carbonyl (C=O) groups excluding carboxylic acids is 2. The zero-order valence-corrected chi connectivity index (χ0v) is 11.8. The predicted molar refractivity (Wildman–Crippen MR) is 81.4 cm³/mol. The summed E-state index contributed by atoms with van der Waals surface area (Å²) in [5.74, 6) is -1.92. The maximum atomic E-state index is 12.3. The summed E-state index contributed by atoms with van der Waals surface area (Å²) in [6.07, 6.45) is 4.27. The van der Waals surface area contributed by atoms with Crippen molar-refractivity contribution in [2.45, 2.75) is 25.3 Å². The molecule has 1 aromatic carbocycles. The number of hydrogen-bond donors (Lipinski definition) is 4. The summed E-state index contributed by atoms with van der Waals surface area (Å²) < 4.78 is 0. The fourth-order valence-corrected chi connectivity index (χ4v) is 2.10. The molecule has 1 aliphatic rings. The molecule has 0 fully saturated rings. The molecule has 0 spiro atoms. The minimum absolute atomic E-state index is 0.160. The normalized spacial score (nSPS) is 19.2. The van der Waals surface area contributed by atoms with E-state index >= 15 is 0 Å². The SMILES string of the molecule is Nc1ccc2c(c1)NC(=O)CCC=CCC(C(=O)O)NC2=O. The Morgan fingerprint density at radius 3 is 2.77 bits per heavy atom. The Kier molecular flexibility index (Phi) is 4.77. The summed E-state index contributed by atoms with van der Waals surface area (Å²) in [4.78, 5) is 35.3. The minimum Gasteiger partial charge on any atom is -0.480 e. The van der Waals surface area contributed by atoms with Crippen molar-refractivity contribution in [2.75, 3.05) is 11.1 Å². The van der Waals surface area contributed by atoms with E-state index < -0.39 is 17.9 Å². The van der Waals surface area contributed by atoms with Gasteiger partial charge in [-0.2, -0.15) is 0 Å². The molecule has 0 saturated carbocycles. The van der Waals surface area contributed by atoms with Crippen LogP contribution < -0.4 is 16.4 Å². The third kappa shape index (κ3) is 3.85. The number of carboxylic acids is 1. The fourth-order valence-electron chi connectivity index (χ4n) is 2.10. The van der Waals surface area contributed by atoms with Crippen LogP contribution in [-0.2, 0) is 9.59 Å². The Hall–Kier alpha value is -2.83. The number of amides is 2. The van der Waals surface area contributed by atoms with Gasteiger partial charge in [0.1, 0.15) is 6.04 Å². The summed E-state index contributed by atoms with van der Waals surface area (Å²) in [5.41, 5.74) is 6.53. The van der Waals surface area contributed by atoms with Crippen LogP contribution in [0.5, 0.6) is 0 Å². The number of aliphatic carboxylic acids is 1. The molecular weight excluding hydrogens is 286 g/mol. The molecule has 1 unspecified atom stereocenters. The number of benzene rings is 1. The van der Waals surface area contributed by atoms with Gasteiger partial charge in [-0.25, -0.2) is 4.79 Å². The van der Waals surface area contributed by atoms with Crippen LogP contribution in [0.1, 0.15) is 29.6 Å². The Bertz CT molecular complexity index is 640. The van der Waals surface area contributed by atoms with Gasteiger partial charge in [-0.1, -0.05) is 12.2 Å². The van der Waals surface area contributed by atoms with Crippen LogP contribution in [0.3, 0.4) is 0 Å². The number of fused-ring (bicyclic) bond motifs is 1. The molecule has 0 saturated heterocycles. The van der Waals surface area contributed by atoms with E-state index in [0.29, 0.717) is 12.1 Å². The average Bonchev–Trinajstić information content (AvgIpc) is 2.44. The average molecular weight is 303 g/mol. The van der Waals surface area contributed by atoms with E-state index in [4.69, 9.17) is 10.8 Å². The third-order valence-corrected chi connectivity index (χ3v) is 3.24. The first kappa shape index (κ1) is 15.6. The number of allylic oxidation sites excluding steroid dienone is 1. The Balaban J connectivity index is 2.37. The molecule has 116 valence electrons. The van der Waals surface area contributed by atoms with Crippen LogP contribution in [0.15, 0.2) is 30.4 Å². The van der Waals surface area contributed by atoms with Gasteiger partial charge in [-0.05, 0) is 31.0 Å². The fraction of sp³-hybridized carbons (Fsp3) is 0.267. The van der Waals surface area contributed by atoms with E-state index in [2.05, 4.69) is 10.6 Å². The molecule has 1 heterocycles. The van der Waals surface area contributed by atoms with E-state index in [0.717, 1.165) is 0 Å². The topological polar surface area (TPSA) is 122 Å². The largest absolute Gasteiger partial charge is 0.480 e. The van der Waals surface area contributed by atoms with E-state index in [9.17, 15) is 14.4 Å². The van der Waals surface area contributed by atoms with Crippen molar-refractivity contribution >= 4 is 29.2 Å². The van der Waals surface area contributed by atoms with Crippen molar-refractivity contribution in [3.63, 3.8) is 0 Å². The quantitative estimate of drug-likeness (QED) is 0.457. The molecule has 0 bridgehead atoms. The third-order valence-electron chi connectivity index (χ3n) is 3.24. The zero-order valence-electron chi connectivity index (χ0n) is 11.8. The molecule has 5 N–H and O–H groups in total. The van der Waals surface area contributed by atoms with Gasteiger partial charge in [0.25, 0.3) is 5.91 Å². The molecule has 0 aliphatic carbocycles.